The van der Waals surface area contributed by atoms with Crippen LogP contribution >= 0.6 is 0 Å². The lowest BCUT2D eigenvalue weighted by atomic mass is 10.1. The van der Waals surface area contributed by atoms with Gasteiger partial charge in [0.2, 0.25) is 0 Å². The Kier molecular flexibility index (Phi) is 3.65. The topological polar surface area (TPSA) is 76.7 Å². The maximum absolute atomic E-state index is 12.2. The van der Waals surface area contributed by atoms with Gasteiger partial charge in [0.05, 0.1) is 12.8 Å². The molecule has 0 spiro atoms. The Morgan fingerprint density at radius 2 is 2.00 bits per heavy atom. The molecule has 0 fully saturated rings. The lowest BCUT2D eigenvalue weighted by Gasteiger charge is -2.18. The third-order valence-electron chi connectivity index (χ3n) is 3.22. The number of anilines is 2. The molecule has 0 saturated heterocycles. The average molecular weight is 298 g/mol. The lowest BCUT2D eigenvalue weighted by Crippen LogP contribution is -2.25. The van der Waals surface area contributed by atoms with Crippen LogP contribution in [0.4, 0.5) is 11.4 Å². The maximum Gasteiger partial charge on any atom is 0.262 e. The van der Waals surface area contributed by atoms with E-state index in [2.05, 4.69) is 10.6 Å². The zero-order valence-corrected chi connectivity index (χ0v) is 11.9. The number of methoxy groups -OCH3 is 1. The third kappa shape index (κ3) is 2.85. The van der Waals surface area contributed by atoms with Crippen LogP contribution in [-0.4, -0.2) is 25.5 Å². The van der Waals surface area contributed by atoms with Gasteiger partial charge in [0.15, 0.2) is 6.61 Å². The van der Waals surface area contributed by atoms with Crippen molar-refractivity contribution < 1.29 is 19.1 Å². The number of benzene rings is 2. The summed E-state index contributed by atoms with van der Waals surface area (Å²) in [6.07, 6.45) is 0. The molecule has 22 heavy (non-hydrogen) atoms. The summed E-state index contributed by atoms with van der Waals surface area (Å²) in [5, 5.41) is 5.45. The molecule has 0 radical (unpaired) electrons. The Bertz CT molecular complexity index is 725. The summed E-state index contributed by atoms with van der Waals surface area (Å²) in [5.74, 6) is 0.764. The van der Waals surface area contributed by atoms with Crippen LogP contribution in [0.5, 0.6) is 11.5 Å². The quantitative estimate of drug-likeness (QED) is 0.911. The Balaban J connectivity index is 1.77. The van der Waals surface area contributed by atoms with Gasteiger partial charge in [-0.2, -0.15) is 0 Å². The first-order valence-corrected chi connectivity index (χ1v) is 6.68. The second kappa shape index (κ2) is 5.77. The number of carbonyl (C=O) groups is 2. The van der Waals surface area contributed by atoms with Crippen molar-refractivity contribution in [2.24, 2.45) is 0 Å². The van der Waals surface area contributed by atoms with E-state index in [1.165, 1.54) is 0 Å². The molecule has 1 aliphatic rings. The van der Waals surface area contributed by atoms with E-state index >= 15 is 0 Å². The monoisotopic (exact) mass is 298 g/mol. The molecule has 6 nitrogen and oxygen atoms in total. The molecule has 0 atom stereocenters. The second-order valence-corrected chi connectivity index (χ2v) is 4.73. The van der Waals surface area contributed by atoms with Crippen molar-refractivity contribution in [1.82, 2.24) is 0 Å². The van der Waals surface area contributed by atoms with Crippen LogP contribution < -0.4 is 20.1 Å². The van der Waals surface area contributed by atoms with Gasteiger partial charge in [-0.1, -0.05) is 0 Å². The molecule has 1 heterocycles. The fourth-order valence-electron chi connectivity index (χ4n) is 2.10. The predicted molar refractivity (Wildman–Crippen MR) is 81.5 cm³/mol. The third-order valence-corrected chi connectivity index (χ3v) is 3.22. The summed E-state index contributed by atoms with van der Waals surface area (Å²) < 4.78 is 10.3. The van der Waals surface area contributed by atoms with Crippen molar-refractivity contribution >= 4 is 23.2 Å². The maximum atomic E-state index is 12.2. The highest BCUT2D eigenvalue weighted by atomic mass is 16.5. The number of amides is 2. The minimum Gasteiger partial charge on any atom is -0.497 e. The van der Waals surface area contributed by atoms with E-state index < -0.39 is 0 Å². The van der Waals surface area contributed by atoms with Crippen molar-refractivity contribution in [3.05, 3.63) is 48.0 Å². The highest BCUT2D eigenvalue weighted by Gasteiger charge is 2.17. The van der Waals surface area contributed by atoms with E-state index in [9.17, 15) is 9.59 Å². The van der Waals surface area contributed by atoms with E-state index in [0.717, 1.165) is 0 Å². The number of fused-ring (bicyclic) bond motifs is 1. The van der Waals surface area contributed by atoms with Gasteiger partial charge in [-0.3, -0.25) is 9.59 Å². The number of hydrogen-bond acceptors (Lipinski definition) is 4. The summed E-state index contributed by atoms with van der Waals surface area (Å²) in [4.78, 5) is 23.5. The largest absolute Gasteiger partial charge is 0.497 e. The van der Waals surface area contributed by atoms with E-state index in [4.69, 9.17) is 9.47 Å². The Morgan fingerprint density at radius 1 is 1.23 bits per heavy atom. The smallest absolute Gasteiger partial charge is 0.262 e. The fourth-order valence-corrected chi connectivity index (χ4v) is 2.10. The Labute approximate surface area is 127 Å². The van der Waals surface area contributed by atoms with E-state index in [1.807, 2.05) is 0 Å². The minimum atomic E-state index is -0.271. The molecule has 1 aliphatic heterocycles. The number of ether oxygens (including phenoxy) is 2. The molecule has 2 amide bonds. The molecule has 6 heteroatoms. The van der Waals surface area contributed by atoms with Crippen LogP contribution in [0.1, 0.15) is 10.4 Å². The van der Waals surface area contributed by atoms with E-state index in [-0.39, 0.29) is 18.4 Å². The molecule has 2 N–H and O–H groups in total. The van der Waals surface area contributed by atoms with Crippen LogP contribution in [0.3, 0.4) is 0 Å². The van der Waals surface area contributed by atoms with Crippen molar-refractivity contribution in [2.45, 2.75) is 0 Å². The summed E-state index contributed by atoms with van der Waals surface area (Å²) in [6, 6.07) is 11.9. The van der Waals surface area contributed by atoms with Gasteiger partial charge >= 0.3 is 0 Å². The predicted octanol–water partition coefficient (Wildman–Crippen LogP) is 2.28. The van der Waals surface area contributed by atoms with Crippen LogP contribution in [0.25, 0.3) is 0 Å². The van der Waals surface area contributed by atoms with Crippen molar-refractivity contribution in [1.29, 1.82) is 0 Å². The normalized spacial score (nSPS) is 12.7. The molecule has 0 unspecified atom stereocenters. The fraction of sp³-hybridized carbons (Fsp3) is 0.125. The highest BCUT2D eigenvalue weighted by Crippen LogP contribution is 2.28. The minimum absolute atomic E-state index is 0.00953. The number of carbonyl (C=O) groups excluding carboxylic acids is 2. The van der Waals surface area contributed by atoms with Gasteiger partial charge in [-0.05, 0) is 42.5 Å². The summed E-state index contributed by atoms with van der Waals surface area (Å²) in [6.45, 7) is -0.00953. The number of rotatable bonds is 3. The zero-order valence-electron chi connectivity index (χ0n) is 11.9. The first-order valence-electron chi connectivity index (χ1n) is 6.68. The van der Waals surface area contributed by atoms with Gasteiger partial charge in [-0.15, -0.1) is 0 Å². The summed E-state index contributed by atoms with van der Waals surface area (Å²) in [7, 11) is 1.58. The van der Waals surface area contributed by atoms with Gasteiger partial charge in [0.25, 0.3) is 11.8 Å². The van der Waals surface area contributed by atoms with Gasteiger partial charge in [0.1, 0.15) is 11.5 Å². The standard InChI is InChI=1S/C16H14N2O4/c1-21-12-5-3-11(4-6-12)17-16(20)10-2-7-14-13(8-10)18-15(19)9-22-14/h2-8H,9H2,1H3,(H,17,20)(H,18,19). The van der Waals surface area contributed by atoms with Gasteiger partial charge < -0.3 is 20.1 Å². The first kappa shape index (κ1) is 13.9. The molecule has 3 rings (SSSR count). The summed E-state index contributed by atoms with van der Waals surface area (Å²) in [5.41, 5.74) is 1.59. The van der Waals surface area contributed by atoms with Crippen LogP contribution in [0, 0.1) is 0 Å². The van der Waals surface area contributed by atoms with Crippen molar-refractivity contribution in [3.63, 3.8) is 0 Å². The summed E-state index contributed by atoms with van der Waals surface area (Å²) >= 11 is 0. The molecule has 0 aromatic heterocycles. The molecule has 2 aromatic carbocycles. The Morgan fingerprint density at radius 3 is 2.73 bits per heavy atom. The zero-order chi connectivity index (χ0) is 15.5. The first-order chi connectivity index (χ1) is 10.7. The van der Waals surface area contributed by atoms with Gasteiger partial charge in [0, 0.05) is 11.3 Å². The SMILES string of the molecule is COc1ccc(NC(=O)c2ccc3c(c2)NC(=O)CO3)cc1. The number of nitrogens with one attached hydrogen (secondary N) is 2. The Hall–Kier alpha value is -3.02. The van der Waals surface area contributed by atoms with E-state index in [1.54, 1.807) is 49.6 Å². The molecular weight excluding hydrogens is 284 g/mol. The lowest BCUT2D eigenvalue weighted by molar-refractivity contribution is -0.118. The highest BCUT2D eigenvalue weighted by molar-refractivity contribution is 6.06. The van der Waals surface area contributed by atoms with Crippen molar-refractivity contribution in [3.8, 4) is 11.5 Å². The number of hydrogen-bond donors (Lipinski definition) is 2. The molecule has 0 bridgehead atoms. The molecule has 0 aliphatic carbocycles. The molecular formula is C16H14N2O4. The average Bonchev–Trinajstić information content (AvgIpc) is 2.54. The molecule has 112 valence electrons. The van der Waals surface area contributed by atoms with Crippen molar-refractivity contribution in [2.75, 3.05) is 24.4 Å². The van der Waals surface area contributed by atoms with Gasteiger partial charge in [-0.25, -0.2) is 0 Å². The van der Waals surface area contributed by atoms with Crippen LogP contribution in [-0.2, 0) is 4.79 Å². The van der Waals surface area contributed by atoms with E-state index in [0.29, 0.717) is 28.4 Å². The molecule has 0 saturated carbocycles. The van der Waals surface area contributed by atoms with Crippen LogP contribution in [0.2, 0.25) is 0 Å². The van der Waals surface area contributed by atoms with Crippen LogP contribution in [0.15, 0.2) is 42.5 Å². The second-order valence-electron chi connectivity index (χ2n) is 4.73. The molecule has 2 aromatic rings.